The van der Waals surface area contributed by atoms with E-state index in [1.54, 1.807) is 11.1 Å². The van der Waals surface area contributed by atoms with Gasteiger partial charge in [0, 0.05) is 0 Å². The van der Waals surface area contributed by atoms with Gasteiger partial charge in [0.2, 0.25) is 0 Å². The normalized spacial score (nSPS) is 19.6. The van der Waals surface area contributed by atoms with Crippen molar-refractivity contribution >= 4 is 0 Å². The van der Waals surface area contributed by atoms with E-state index < -0.39 is 19.8 Å². The first-order valence-corrected chi connectivity index (χ1v) is 9.05. The molecule has 2 aliphatic carbocycles. The van der Waals surface area contributed by atoms with Crippen LogP contribution in [0, 0.1) is 0 Å². The van der Waals surface area contributed by atoms with Gasteiger partial charge in [-0.25, -0.2) is 0 Å². The van der Waals surface area contributed by atoms with Crippen molar-refractivity contribution in [2.45, 2.75) is 39.5 Å². The summed E-state index contributed by atoms with van der Waals surface area (Å²) in [6.07, 6.45) is 14.4. The summed E-state index contributed by atoms with van der Waals surface area (Å²) in [5, 5.41) is 0. The van der Waals surface area contributed by atoms with Gasteiger partial charge in [-0.2, -0.15) is 0 Å². The SMILES string of the molecule is CCC1=[C]([Ta][C]2=C(CC)C=CC2)CC=C1. The number of hydrogen-bond acceptors (Lipinski definition) is 0. The van der Waals surface area contributed by atoms with Gasteiger partial charge in [-0.15, -0.1) is 0 Å². The van der Waals surface area contributed by atoms with E-state index in [9.17, 15) is 0 Å². The van der Waals surface area contributed by atoms with Crippen molar-refractivity contribution in [1.82, 2.24) is 0 Å². The molecule has 2 rings (SSSR count). The molecule has 0 N–H and O–H groups in total. The summed E-state index contributed by atoms with van der Waals surface area (Å²) in [5.74, 6) is 0. The Hall–Kier alpha value is -0.300. The molecule has 0 radical (unpaired) electrons. The monoisotopic (exact) mass is 367 g/mol. The van der Waals surface area contributed by atoms with Gasteiger partial charge < -0.3 is 0 Å². The predicted octanol–water partition coefficient (Wildman–Crippen LogP) is 4.32. The summed E-state index contributed by atoms with van der Waals surface area (Å²) >= 11 is -0.518. The summed E-state index contributed by atoms with van der Waals surface area (Å²) in [5.41, 5.74) is 3.31. The number of rotatable bonds is 4. The van der Waals surface area contributed by atoms with Crippen LogP contribution in [0.3, 0.4) is 0 Å². The van der Waals surface area contributed by atoms with Gasteiger partial charge in [0.05, 0.1) is 0 Å². The molecule has 0 fully saturated rings. The number of hydrogen-bond donors (Lipinski definition) is 0. The molecular weight excluding hydrogens is 349 g/mol. The predicted molar refractivity (Wildman–Crippen MR) is 62.1 cm³/mol. The molecule has 79 valence electrons. The summed E-state index contributed by atoms with van der Waals surface area (Å²) in [6, 6.07) is 0. The summed E-state index contributed by atoms with van der Waals surface area (Å²) in [7, 11) is 0. The Morgan fingerprint density at radius 1 is 0.933 bits per heavy atom. The molecule has 0 amide bonds. The van der Waals surface area contributed by atoms with Gasteiger partial charge in [-0.05, 0) is 0 Å². The minimum atomic E-state index is -0.518. The van der Waals surface area contributed by atoms with E-state index in [4.69, 9.17) is 0 Å². The summed E-state index contributed by atoms with van der Waals surface area (Å²) in [6.45, 7) is 4.57. The van der Waals surface area contributed by atoms with E-state index in [1.165, 1.54) is 25.7 Å². The molecule has 0 bridgehead atoms. The standard InChI is InChI=1S/2C7H9.Ta/c2*1-2-7-5-3-4-6-7;/h2*3,5H,2,4H2,1H3;. The van der Waals surface area contributed by atoms with Crippen LogP contribution in [0.15, 0.2) is 43.0 Å². The Bertz CT molecular complexity index is 331. The molecule has 0 aromatic heterocycles. The molecule has 0 aromatic rings. The van der Waals surface area contributed by atoms with E-state index >= 15 is 0 Å². The molecule has 0 saturated heterocycles. The van der Waals surface area contributed by atoms with Crippen LogP contribution in [0.4, 0.5) is 0 Å². The Balaban J connectivity index is 2.10. The molecule has 0 saturated carbocycles. The van der Waals surface area contributed by atoms with E-state index in [0.29, 0.717) is 0 Å². The summed E-state index contributed by atoms with van der Waals surface area (Å²) in [4.78, 5) is 0. The van der Waals surface area contributed by atoms with Crippen LogP contribution in [0.1, 0.15) is 39.5 Å². The second-order valence-corrected chi connectivity index (χ2v) is 8.66. The van der Waals surface area contributed by atoms with E-state index in [0.717, 1.165) is 0 Å². The van der Waals surface area contributed by atoms with E-state index in [2.05, 4.69) is 38.2 Å². The van der Waals surface area contributed by atoms with Crippen LogP contribution in [-0.4, -0.2) is 0 Å². The average molecular weight is 367 g/mol. The Kier molecular flexibility index (Phi) is 3.85. The Morgan fingerprint density at radius 3 is 1.80 bits per heavy atom. The van der Waals surface area contributed by atoms with Crippen molar-refractivity contribution < 1.29 is 19.8 Å². The molecule has 0 heterocycles. The Morgan fingerprint density at radius 2 is 1.40 bits per heavy atom. The third-order valence-electron chi connectivity index (χ3n) is 3.03. The van der Waals surface area contributed by atoms with Gasteiger partial charge in [0.1, 0.15) is 0 Å². The second kappa shape index (κ2) is 5.16. The topological polar surface area (TPSA) is 0 Å². The molecule has 15 heavy (non-hydrogen) atoms. The van der Waals surface area contributed by atoms with Crippen molar-refractivity contribution in [3.05, 3.63) is 43.0 Å². The van der Waals surface area contributed by atoms with Crippen LogP contribution in [0.5, 0.6) is 0 Å². The van der Waals surface area contributed by atoms with Crippen molar-refractivity contribution in [1.29, 1.82) is 0 Å². The van der Waals surface area contributed by atoms with Crippen LogP contribution >= 0.6 is 0 Å². The first-order valence-electron chi connectivity index (χ1n) is 5.84. The first-order chi connectivity index (χ1) is 7.35. The van der Waals surface area contributed by atoms with Gasteiger partial charge in [0.15, 0.2) is 0 Å². The zero-order chi connectivity index (χ0) is 10.7. The third-order valence-corrected chi connectivity index (χ3v) is 8.35. The van der Waals surface area contributed by atoms with Crippen LogP contribution < -0.4 is 0 Å². The molecule has 0 spiro atoms. The molecule has 0 aliphatic heterocycles. The van der Waals surface area contributed by atoms with Crippen molar-refractivity contribution in [2.24, 2.45) is 0 Å². The molecule has 0 unspecified atom stereocenters. The van der Waals surface area contributed by atoms with Crippen LogP contribution in [-0.2, 0) is 19.8 Å². The fourth-order valence-electron chi connectivity index (χ4n) is 2.12. The molecule has 0 aromatic carbocycles. The minimum absolute atomic E-state index is 0.518. The quantitative estimate of drug-likeness (QED) is 0.695. The first kappa shape index (κ1) is 11.2. The van der Waals surface area contributed by atoms with Crippen LogP contribution in [0.2, 0.25) is 0 Å². The summed E-state index contributed by atoms with van der Waals surface area (Å²) < 4.78 is 3.67. The molecular formula is C14H18Ta. The maximum atomic E-state index is 2.35. The van der Waals surface area contributed by atoms with Gasteiger partial charge >= 0.3 is 102 Å². The van der Waals surface area contributed by atoms with Gasteiger partial charge in [0.25, 0.3) is 0 Å². The maximum absolute atomic E-state index is 2.35. The fraction of sp³-hybridized carbons (Fsp3) is 0.429. The molecule has 0 nitrogen and oxygen atoms in total. The second-order valence-electron chi connectivity index (χ2n) is 3.98. The average Bonchev–Trinajstić information content (AvgIpc) is 2.87. The van der Waals surface area contributed by atoms with Crippen molar-refractivity contribution in [3.63, 3.8) is 0 Å². The zero-order valence-electron chi connectivity index (χ0n) is 9.59. The molecule has 0 atom stereocenters. The van der Waals surface area contributed by atoms with Crippen molar-refractivity contribution in [2.75, 3.05) is 0 Å². The third kappa shape index (κ3) is 2.44. The van der Waals surface area contributed by atoms with E-state index in [1.807, 2.05) is 7.58 Å². The molecule has 2 aliphatic rings. The van der Waals surface area contributed by atoms with Crippen LogP contribution in [0.25, 0.3) is 0 Å². The Labute approximate surface area is 102 Å². The van der Waals surface area contributed by atoms with Gasteiger partial charge in [-0.1, -0.05) is 0 Å². The molecule has 1 heteroatoms. The van der Waals surface area contributed by atoms with Gasteiger partial charge in [-0.3, -0.25) is 0 Å². The van der Waals surface area contributed by atoms with Crippen molar-refractivity contribution in [3.8, 4) is 0 Å². The number of allylic oxidation sites excluding steroid dienone is 8. The van der Waals surface area contributed by atoms with E-state index in [-0.39, 0.29) is 0 Å². The fourth-order valence-corrected chi connectivity index (χ4v) is 7.41. The zero-order valence-corrected chi connectivity index (χ0v) is 12.8.